The molecular formula is C21H16F2N4O. The molecule has 0 aliphatic rings. The number of hydrogen-bond acceptors (Lipinski definition) is 4. The Hall–Kier alpha value is -3.48. The van der Waals surface area contributed by atoms with Crippen molar-refractivity contribution in [3.05, 3.63) is 88.2 Å². The first-order valence-corrected chi connectivity index (χ1v) is 8.80. The summed E-state index contributed by atoms with van der Waals surface area (Å²) in [6.07, 6.45) is 4.98. The van der Waals surface area contributed by atoms with E-state index in [1.54, 1.807) is 36.7 Å². The van der Waals surface area contributed by atoms with Crippen LogP contribution in [0.2, 0.25) is 0 Å². The molecule has 0 atom stereocenters. The summed E-state index contributed by atoms with van der Waals surface area (Å²) in [6, 6.07) is 9.36. The fourth-order valence-corrected chi connectivity index (χ4v) is 3.10. The van der Waals surface area contributed by atoms with E-state index in [2.05, 4.69) is 15.0 Å². The molecule has 0 aliphatic carbocycles. The number of fused-ring (bicyclic) bond motifs is 1. The molecule has 0 fully saturated rings. The number of hydrogen-bond donors (Lipinski definition) is 0. The lowest BCUT2D eigenvalue weighted by atomic mass is 10.0. The van der Waals surface area contributed by atoms with Gasteiger partial charge in [-0.3, -0.25) is 14.3 Å². The fraction of sp³-hybridized carbons (Fsp3) is 0.143. The minimum absolute atomic E-state index is 0.188. The fourth-order valence-electron chi connectivity index (χ4n) is 3.10. The first-order valence-electron chi connectivity index (χ1n) is 8.80. The van der Waals surface area contributed by atoms with Crippen molar-refractivity contribution in [2.45, 2.75) is 19.9 Å². The van der Waals surface area contributed by atoms with Crippen molar-refractivity contribution in [3.63, 3.8) is 0 Å². The van der Waals surface area contributed by atoms with Gasteiger partial charge in [0.05, 0.1) is 18.3 Å². The highest BCUT2D eigenvalue weighted by atomic mass is 19.1. The molecule has 0 spiro atoms. The third kappa shape index (κ3) is 3.26. The maximum absolute atomic E-state index is 14.8. The number of rotatable bonds is 4. The average Bonchev–Trinajstić information content (AvgIpc) is 2.72. The van der Waals surface area contributed by atoms with Gasteiger partial charge in [0, 0.05) is 23.7 Å². The highest BCUT2D eigenvalue weighted by Gasteiger charge is 2.15. The predicted octanol–water partition coefficient (Wildman–Crippen LogP) is 3.74. The Morgan fingerprint density at radius 3 is 2.50 bits per heavy atom. The summed E-state index contributed by atoms with van der Waals surface area (Å²) in [5, 5.41) is 0. The van der Waals surface area contributed by atoms with Crippen LogP contribution in [0.3, 0.4) is 0 Å². The highest BCUT2D eigenvalue weighted by molar-refractivity contribution is 5.69. The zero-order chi connectivity index (χ0) is 19.7. The third-order valence-corrected chi connectivity index (χ3v) is 4.59. The maximum Gasteiger partial charge on any atom is 0.269 e. The first-order chi connectivity index (χ1) is 13.6. The zero-order valence-electron chi connectivity index (χ0n) is 15.1. The van der Waals surface area contributed by atoms with Gasteiger partial charge in [-0.25, -0.2) is 18.7 Å². The number of benzene rings is 1. The number of aryl methyl sites for hydroxylation is 1. The van der Waals surface area contributed by atoms with E-state index < -0.39 is 17.2 Å². The molecule has 1 aromatic carbocycles. The lowest BCUT2D eigenvalue weighted by Gasteiger charge is -2.12. The minimum Gasteiger partial charge on any atom is -0.299 e. The van der Waals surface area contributed by atoms with Crippen molar-refractivity contribution in [3.8, 4) is 11.1 Å². The third-order valence-electron chi connectivity index (χ3n) is 4.59. The molecule has 5 nitrogen and oxygen atoms in total. The molecule has 3 aromatic heterocycles. The summed E-state index contributed by atoms with van der Waals surface area (Å²) in [4.78, 5) is 24.5. The topological polar surface area (TPSA) is 60.7 Å². The van der Waals surface area contributed by atoms with Crippen molar-refractivity contribution in [1.29, 1.82) is 0 Å². The molecule has 0 radical (unpaired) electrons. The normalized spacial score (nSPS) is 11.1. The van der Waals surface area contributed by atoms with Crippen LogP contribution in [0, 0.1) is 11.6 Å². The van der Waals surface area contributed by atoms with Crippen LogP contribution in [-0.2, 0) is 13.0 Å². The summed E-state index contributed by atoms with van der Waals surface area (Å²) in [5.74, 6) is -1.43. The monoisotopic (exact) mass is 378 g/mol. The highest BCUT2D eigenvalue weighted by Crippen LogP contribution is 2.25. The molecule has 0 saturated heterocycles. The van der Waals surface area contributed by atoms with Gasteiger partial charge >= 0.3 is 0 Å². The van der Waals surface area contributed by atoms with Crippen LogP contribution in [0.25, 0.3) is 22.3 Å². The van der Waals surface area contributed by atoms with Crippen molar-refractivity contribution >= 4 is 11.2 Å². The number of aromatic nitrogens is 4. The van der Waals surface area contributed by atoms with Crippen LogP contribution in [0.4, 0.5) is 8.78 Å². The van der Waals surface area contributed by atoms with E-state index in [1.807, 2.05) is 6.92 Å². The van der Waals surface area contributed by atoms with Crippen LogP contribution in [0.15, 0.2) is 59.8 Å². The van der Waals surface area contributed by atoms with E-state index in [9.17, 15) is 13.6 Å². The number of nitrogens with zero attached hydrogens (tertiary/aromatic N) is 4. The molecule has 4 aromatic rings. The Morgan fingerprint density at radius 1 is 0.964 bits per heavy atom. The van der Waals surface area contributed by atoms with Crippen LogP contribution < -0.4 is 5.56 Å². The molecule has 0 saturated carbocycles. The Kier molecular flexibility index (Phi) is 4.65. The largest absolute Gasteiger partial charge is 0.299 e. The molecule has 4 rings (SSSR count). The molecule has 140 valence electrons. The van der Waals surface area contributed by atoms with E-state index in [1.165, 1.54) is 16.7 Å². The van der Waals surface area contributed by atoms with Gasteiger partial charge in [0.25, 0.3) is 5.56 Å². The van der Waals surface area contributed by atoms with E-state index in [-0.39, 0.29) is 12.1 Å². The summed E-state index contributed by atoms with van der Waals surface area (Å²) in [7, 11) is 0. The van der Waals surface area contributed by atoms with E-state index in [0.717, 1.165) is 18.3 Å². The van der Waals surface area contributed by atoms with Gasteiger partial charge in [-0.05, 0) is 53.9 Å². The Balaban J connectivity index is 1.78. The van der Waals surface area contributed by atoms with Crippen molar-refractivity contribution in [1.82, 2.24) is 19.5 Å². The number of halogens is 2. The molecule has 0 unspecified atom stereocenters. The van der Waals surface area contributed by atoms with E-state index in [0.29, 0.717) is 22.3 Å². The molecule has 28 heavy (non-hydrogen) atoms. The molecule has 0 aliphatic heterocycles. The van der Waals surface area contributed by atoms with Crippen LogP contribution in [0.1, 0.15) is 18.2 Å². The second kappa shape index (κ2) is 7.26. The Labute approximate surface area is 159 Å². The quantitative estimate of drug-likeness (QED) is 0.543. The average molecular weight is 378 g/mol. The second-order valence-electron chi connectivity index (χ2n) is 6.34. The predicted molar refractivity (Wildman–Crippen MR) is 102 cm³/mol. The smallest absolute Gasteiger partial charge is 0.269 e. The Bertz CT molecular complexity index is 1210. The van der Waals surface area contributed by atoms with Crippen molar-refractivity contribution in [2.24, 2.45) is 0 Å². The van der Waals surface area contributed by atoms with Crippen molar-refractivity contribution in [2.75, 3.05) is 0 Å². The second-order valence-corrected chi connectivity index (χ2v) is 6.34. The summed E-state index contributed by atoms with van der Waals surface area (Å²) in [5.41, 5.74) is 2.06. The summed E-state index contributed by atoms with van der Waals surface area (Å²) >= 11 is 0. The minimum atomic E-state index is -0.717. The molecule has 0 N–H and O–H groups in total. The van der Waals surface area contributed by atoms with Gasteiger partial charge in [-0.15, -0.1) is 0 Å². The van der Waals surface area contributed by atoms with Crippen molar-refractivity contribution < 1.29 is 8.78 Å². The Morgan fingerprint density at radius 2 is 1.75 bits per heavy atom. The number of pyridine rings is 2. The van der Waals surface area contributed by atoms with E-state index >= 15 is 0 Å². The summed E-state index contributed by atoms with van der Waals surface area (Å²) in [6.45, 7) is 1.71. The van der Waals surface area contributed by atoms with E-state index in [4.69, 9.17) is 0 Å². The van der Waals surface area contributed by atoms with Crippen LogP contribution in [0.5, 0.6) is 0 Å². The van der Waals surface area contributed by atoms with Gasteiger partial charge in [0.15, 0.2) is 5.65 Å². The standard InChI is InChI=1S/C21H16F2N4O/c1-2-15-8-13(5-7-24-15)14-9-17(22)16(18(23)10-14)12-27-19-4-3-6-25-21(19)26-11-20(27)28/h3-11H,2,12H2,1H3. The molecular weight excluding hydrogens is 362 g/mol. The van der Waals surface area contributed by atoms with Crippen LogP contribution >= 0.6 is 0 Å². The van der Waals surface area contributed by atoms with Gasteiger partial charge in [0.1, 0.15) is 11.6 Å². The van der Waals surface area contributed by atoms with Gasteiger partial charge in [-0.2, -0.15) is 0 Å². The van der Waals surface area contributed by atoms with Gasteiger partial charge < -0.3 is 0 Å². The maximum atomic E-state index is 14.8. The SMILES string of the molecule is CCc1cc(-c2cc(F)c(Cn3c(=O)cnc4ncccc43)c(F)c2)ccn1. The van der Waals surface area contributed by atoms with Crippen LogP contribution in [-0.4, -0.2) is 19.5 Å². The van der Waals surface area contributed by atoms with Gasteiger partial charge in [0.2, 0.25) is 0 Å². The molecule has 7 heteroatoms. The zero-order valence-corrected chi connectivity index (χ0v) is 15.1. The first kappa shape index (κ1) is 17.9. The molecule has 0 amide bonds. The lowest BCUT2D eigenvalue weighted by molar-refractivity contribution is 0.545. The summed E-state index contributed by atoms with van der Waals surface area (Å²) < 4.78 is 30.9. The lowest BCUT2D eigenvalue weighted by Crippen LogP contribution is -2.22. The molecule has 3 heterocycles. The molecule has 0 bridgehead atoms. The van der Waals surface area contributed by atoms with Gasteiger partial charge in [-0.1, -0.05) is 6.92 Å².